The molecular weight excluding hydrogens is 329 g/mol. The van der Waals surface area contributed by atoms with E-state index < -0.39 is 36.5 Å². The van der Waals surface area contributed by atoms with Gasteiger partial charge in [0.1, 0.15) is 11.5 Å². The lowest BCUT2D eigenvalue weighted by molar-refractivity contribution is -0.274. The molecule has 0 spiro atoms. The molecule has 2 heterocycles. The van der Waals surface area contributed by atoms with E-state index in [1.807, 2.05) is 0 Å². The number of amides is 2. The predicted molar refractivity (Wildman–Crippen MR) is 76.8 cm³/mol. The van der Waals surface area contributed by atoms with Gasteiger partial charge in [0, 0.05) is 19.2 Å². The maximum absolute atomic E-state index is 13.2. The second kappa shape index (κ2) is 6.95. The lowest BCUT2D eigenvalue weighted by Crippen LogP contribution is -2.45. The van der Waals surface area contributed by atoms with Gasteiger partial charge in [0.15, 0.2) is 0 Å². The average Bonchev–Trinajstić information content (AvgIpc) is 3.15. The van der Waals surface area contributed by atoms with Gasteiger partial charge in [-0.15, -0.1) is 0 Å². The summed E-state index contributed by atoms with van der Waals surface area (Å²) in [5, 5.41) is 21.0. The number of aromatic amines is 1. The number of halogens is 3. The van der Waals surface area contributed by atoms with E-state index in [1.165, 1.54) is 19.2 Å². The molecule has 2 amide bonds. The largest absolute Gasteiger partial charge is 0.463 e. The van der Waals surface area contributed by atoms with Gasteiger partial charge in [0.05, 0.1) is 12.2 Å². The lowest BCUT2D eigenvalue weighted by atomic mass is 9.96. The van der Waals surface area contributed by atoms with Gasteiger partial charge in [-0.25, -0.2) is 4.79 Å². The number of carbonyl (C=O) groups excluding carboxylic acids is 1. The van der Waals surface area contributed by atoms with E-state index in [-0.39, 0.29) is 12.3 Å². The molecule has 4 N–H and O–H groups in total. The molecular formula is C14H17F3N4O3. The fourth-order valence-electron chi connectivity index (χ4n) is 2.04. The van der Waals surface area contributed by atoms with Crippen LogP contribution in [0.5, 0.6) is 0 Å². The highest BCUT2D eigenvalue weighted by Gasteiger charge is 2.56. The van der Waals surface area contributed by atoms with Gasteiger partial charge in [-0.3, -0.25) is 5.10 Å². The normalized spacial score (nSPS) is 14.2. The number of alkyl halides is 3. The first-order chi connectivity index (χ1) is 11.2. The van der Waals surface area contributed by atoms with Gasteiger partial charge in [-0.05, 0) is 25.1 Å². The number of nitrogens with one attached hydrogen (secondary N) is 3. The van der Waals surface area contributed by atoms with Crippen LogP contribution < -0.4 is 10.6 Å². The fraction of sp³-hybridized carbons (Fsp3) is 0.429. The fourth-order valence-corrected chi connectivity index (χ4v) is 2.04. The SMILES string of the molecule is Cc1ccc([C@](O)(CCNC(=O)NCc2ccn[nH]2)C(F)(F)F)o1. The zero-order valence-corrected chi connectivity index (χ0v) is 12.8. The molecule has 0 aliphatic rings. The summed E-state index contributed by atoms with van der Waals surface area (Å²) in [4.78, 5) is 11.6. The van der Waals surface area contributed by atoms with Gasteiger partial charge in [-0.1, -0.05) is 0 Å². The maximum Gasteiger partial charge on any atom is 0.424 e. The van der Waals surface area contributed by atoms with E-state index in [0.717, 1.165) is 6.07 Å². The minimum atomic E-state index is -4.94. The van der Waals surface area contributed by atoms with Crippen molar-refractivity contribution in [3.8, 4) is 0 Å². The van der Waals surface area contributed by atoms with Crippen LogP contribution in [0.25, 0.3) is 0 Å². The third-order valence-corrected chi connectivity index (χ3v) is 3.39. The Morgan fingerprint density at radius 2 is 2.08 bits per heavy atom. The molecule has 0 unspecified atom stereocenters. The van der Waals surface area contributed by atoms with Crippen LogP contribution in [0.4, 0.5) is 18.0 Å². The van der Waals surface area contributed by atoms with Crippen LogP contribution in [0.15, 0.2) is 28.8 Å². The Hall–Kier alpha value is -2.49. The Labute approximate surface area is 135 Å². The predicted octanol–water partition coefficient (Wildman–Crippen LogP) is 1.95. The maximum atomic E-state index is 13.2. The number of hydrogen-bond donors (Lipinski definition) is 4. The number of aliphatic hydroxyl groups is 1. The molecule has 2 aromatic rings. The van der Waals surface area contributed by atoms with Crippen LogP contribution in [0.2, 0.25) is 0 Å². The molecule has 7 nitrogen and oxygen atoms in total. The van der Waals surface area contributed by atoms with Crippen LogP contribution in [-0.2, 0) is 12.1 Å². The Morgan fingerprint density at radius 1 is 1.33 bits per heavy atom. The van der Waals surface area contributed by atoms with E-state index in [4.69, 9.17) is 4.42 Å². The van der Waals surface area contributed by atoms with E-state index in [1.54, 1.807) is 6.07 Å². The number of nitrogens with zero attached hydrogens (tertiary/aromatic N) is 1. The summed E-state index contributed by atoms with van der Waals surface area (Å²) < 4.78 is 44.5. The molecule has 0 saturated carbocycles. The monoisotopic (exact) mass is 346 g/mol. The number of H-pyrrole nitrogens is 1. The van der Waals surface area contributed by atoms with Gasteiger partial charge in [0.25, 0.3) is 0 Å². The van der Waals surface area contributed by atoms with Crippen LogP contribution in [0.1, 0.15) is 23.6 Å². The van der Waals surface area contributed by atoms with E-state index in [2.05, 4.69) is 20.8 Å². The van der Waals surface area contributed by atoms with Crippen molar-refractivity contribution in [1.82, 2.24) is 20.8 Å². The van der Waals surface area contributed by atoms with Crippen molar-refractivity contribution in [3.63, 3.8) is 0 Å². The highest BCUT2D eigenvalue weighted by Crippen LogP contribution is 2.41. The number of aromatic nitrogens is 2. The average molecular weight is 346 g/mol. The summed E-state index contributed by atoms with van der Waals surface area (Å²) in [5.74, 6) is -0.356. The van der Waals surface area contributed by atoms with Gasteiger partial charge < -0.3 is 20.2 Å². The van der Waals surface area contributed by atoms with Crippen molar-refractivity contribution in [2.24, 2.45) is 0 Å². The summed E-state index contributed by atoms with van der Waals surface area (Å²) in [6.07, 6.45) is -4.21. The third-order valence-electron chi connectivity index (χ3n) is 3.39. The van der Waals surface area contributed by atoms with E-state index in [9.17, 15) is 23.1 Å². The molecule has 132 valence electrons. The van der Waals surface area contributed by atoms with Crippen LogP contribution in [0, 0.1) is 6.92 Å². The topological polar surface area (TPSA) is 103 Å². The minimum Gasteiger partial charge on any atom is -0.463 e. The smallest absolute Gasteiger partial charge is 0.424 e. The van der Waals surface area contributed by atoms with E-state index in [0.29, 0.717) is 5.69 Å². The molecule has 1 atom stereocenters. The zero-order valence-electron chi connectivity index (χ0n) is 12.8. The van der Waals surface area contributed by atoms with Crippen molar-refractivity contribution < 1.29 is 27.5 Å². The molecule has 0 aliphatic heterocycles. The summed E-state index contributed by atoms with van der Waals surface area (Å²) in [7, 11) is 0. The van der Waals surface area contributed by atoms with Gasteiger partial charge in [0.2, 0.25) is 5.60 Å². The first-order valence-corrected chi connectivity index (χ1v) is 7.08. The summed E-state index contributed by atoms with van der Waals surface area (Å²) >= 11 is 0. The lowest BCUT2D eigenvalue weighted by Gasteiger charge is -2.28. The summed E-state index contributed by atoms with van der Waals surface area (Å²) in [6, 6.07) is 3.38. The molecule has 0 aliphatic carbocycles. The molecule has 2 rings (SSSR count). The second-order valence-corrected chi connectivity index (χ2v) is 5.21. The van der Waals surface area contributed by atoms with Gasteiger partial charge >= 0.3 is 12.2 Å². The Bertz CT molecular complexity index is 669. The molecule has 0 radical (unpaired) electrons. The number of rotatable bonds is 6. The standard InChI is InChI=1S/C14H17F3N4O3/c1-9-2-3-11(24-9)13(23,14(15,16)17)5-7-18-12(22)19-8-10-4-6-20-21-10/h2-4,6,23H,5,7-8H2,1H3,(H,20,21)(H2,18,19,22)/t13-/m1/s1. The zero-order chi connectivity index (χ0) is 17.8. The quantitative estimate of drug-likeness (QED) is 0.642. The molecule has 0 fully saturated rings. The molecule has 0 saturated heterocycles. The highest BCUT2D eigenvalue weighted by molar-refractivity contribution is 5.73. The number of aryl methyl sites for hydroxylation is 1. The Kier molecular flexibility index (Phi) is 5.17. The third kappa shape index (κ3) is 4.07. The second-order valence-electron chi connectivity index (χ2n) is 5.21. The van der Waals surface area contributed by atoms with Gasteiger partial charge in [-0.2, -0.15) is 18.3 Å². The summed E-state index contributed by atoms with van der Waals surface area (Å²) in [5.41, 5.74) is -2.53. The first kappa shape index (κ1) is 17.9. The summed E-state index contributed by atoms with van der Waals surface area (Å²) in [6.45, 7) is 1.22. The van der Waals surface area contributed by atoms with Crippen molar-refractivity contribution in [1.29, 1.82) is 0 Å². The minimum absolute atomic E-state index is 0.146. The van der Waals surface area contributed by atoms with Crippen LogP contribution in [0.3, 0.4) is 0 Å². The van der Waals surface area contributed by atoms with Crippen molar-refractivity contribution in [2.45, 2.75) is 31.7 Å². The molecule has 0 bridgehead atoms. The van der Waals surface area contributed by atoms with E-state index >= 15 is 0 Å². The van der Waals surface area contributed by atoms with Crippen molar-refractivity contribution >= 4 is 6.03 Å². The molecule has 24 heavy (non-hydrogen) atoms. The Balaban J connectivity index is 1.90. The number of urea groups is 1. The number of hydrogen-bond acceptors (Lipinski definition) is 4. The molecule has 10 heteroatoms. The van der Waals surface area contributed by atoms with Crippen molar-refractivity contribution in [2.75, 3.05) is 6.54 Å². The number of furan rings is 1. The Morgan fingerprint density at radius 3 is 2.62 bits per heavy atom. The van der Waals surface area contributed by atoms with Crippen LogP contribution >= 0.6 is 0 Å². The first-order valence-electron chi connectivity index (χ1n) is 7.08. The van der Waals surface area contributed by atoms with Crippen molar-refractivity contribution in [3.05, 3.63) is 41.6 Å². The number of carbonyl (C=O) groups is 1. The van der Waals surface area contributed by atoms with Crippen LogP contribution in [-0.4, -0.2) is 34.1 Å². The molecule has 0 aromatic carbocycles. The molecule has 2 aromatic heterocycles. The highest BCUT2D eigenvalue weighted by atomic mass is 19.4.